The Morgan fingerprint density at radius 3 is 2.83 bits per heavy atom. The summed E-state index contributed by atoms with van der Waals surface area (Å²) in [7, 11) is 1.57. The number of nitrogens with one attached hydrogen (secondary N) is 1. The van der Waals surface area contributed by atoms with E-state index in [-0.39, 0.29) is 23.8 Å². The van der Waals surface area contributed by atoms with Crippen LogP contribution in [0, 0.1) is 5.92 Å². The van der Waals surface area contributed by atoms with Gasteiger partial charge in [0.25, 0.3) is 0 Å². The topological polar surface area (TPSA) is 92.5 Å². The van der Waals surface area contributed by atoms with E-state index < -0.39 is 0 Å². The monoisotopic (exact) mass is 255 g/mol. The van der Waals surface area contributed by atoms with Crippen LogP contribution in [0.5, 0.6) is 0 Å². The van der Waals surface area contributed by atoms with Gasteiger partial charge in [0.1, 0.15) is 6.29 Å². The molecule has 1 saturated heterocycles. The minimum Gasteiger partial charge on any atom is -0.369 e. The lowest BCUT2D eigenvalue weighted by Gasteiger charge is -2.34. The van der Waals surface area contributed by atoms with Crippen molar-refractivity contribution < 1.29 is 14.4 Å². The fourth-order valence-corrected chi connectivity index (χ4v) is 2.28. The van der Waals surface area contributed by atoms with Crippen molar-refractivity contribution in [3.8, 4) is 0 Å². The van der Waals surface area contributed by atoms with Gasteiger partial charge >= 0.3 is 0 Å². The molecule has 2 unspecified atom stereocenters. The van der Waals surface area contributed by atoms with Crippen molar-refractivity contribution in [1.29, 1.82) is 0 Å². The molecule has 1 aliphatic heterocycles. The number of nitrogens with zero attached hydrogens (tertiary/aromatic N) is 1. The zero-order valence-electron chi connectivity index (χ0n) is 10.7. The van der Waals surface area contributed by atoms with E-state index in [0.717, 1.165) is 25.7 Å². The SMILES string of the molecule is CNC(=O)CCC(C=O)N1CCCC(C(N)=O)C1. The Morgan fingerprint density at radius 2 is 2.28 bits per heavy atom. The van der Waals surface area contributed by atoms with Crippen molar-refractivity contribution in [2.24, 2.45) is 11.7 Å². The number of amides is 2. The minimum atomic E-state index is -0.310. The van der Waals surface area contributed by atoms with Crippen molar-refractivity contribution in [3.63, 3.8) is 0 Å². The van der Waals surface area contributed by atoms with Crippen LogP contribution in [0.25, 0.3) is 0 Å². The maximum Gasteiger partial charge on any atom is 0.221 e. The van der Waals surface area contributed by atoms with Gasteiger partial charge in [-0.2, -0.15) is 0 Å². The van der Waals surface area contributed by atoms with E-state index in [1.807, 2.05) is 4.90 Å². The second-order valence-corrected chi connectivity index (χ2v) is 4.65. The van der Waals surface area contributed by atoms with Crippen LogP contribution >= 0.6 is 0 Å². The molecule has 1 fully saturated rings. The third-order valence-corrected chi connectivity index (χ3v) is 3.43. The Kier molecular flexibility index (Phi) is 5.77. The maximum absolute atomic E-state index is 11.2. The molecule has 1 rings (SSSR count). The van der Waals surface area contributed by atoms with Gasteiger partial charge in [0.15, 0.2) is 0 Å². The summed E-state index contributed by atoms with van der Waals surface area (Å²) in [5, 5.41) is 2.53. The van der Waals surface area contributed by atoms with Gasteiger partial charge in [-0.1, -0.05) is 0 Å². The van der Waals surface area contributed by atoms with Gasteiger partial charge in [0.2, 0.25) is 11.8 Å². The van der Waals surface area contributed by atoms with Crippen LogP contribution < -0.4 is 11.1 Å². The van der Waals surface area contributed by atoms with Crippen molar-refractivity contribution in [2.75, 3.05) is 20.1 Å². The number of aldehydes is 1. The van der Waals surface area contributed by atoms with Crippen LogP contribution in [0.2, 0.25) is 0 Å². The summed E-state index contributed by atoms with van der Waals surface area (Å²) < 4.78 is 0. The molecule has 0 bridgehead atoms. The molecule has 2 amide bonds. The summed E-state index contributed by atoms with van der Waals surface area (Å²) in [4.78, 5) is 35.4. The lowest BCUT2D eigenvalue weighted by molar-refractivity contribution is -0.126. The van der Waals surface area contributed by atoms with E-state index >= 15 is 0 Å². The van der Waals surface area contributed by atoms with Gasteiger partial charge in [0.05, 0.1) is 12.0 Å². The predicted molar refractivity (Wildman–Crippen MR) is 66.6 cm³/mol. The fraction of sp³-hybridized carbons (Fsp3) is 0.750. The first-order valence-electron chi connectivity index (χ1n) is 6.27. The van der Waals surface area contributed by atoms with Crippen LogP contribution in [0.15, 0.2) is 0 Å². The van der Waals surface area contributed by atoms with Crippen molar-refractivity contribution in [3.05, 3.63) is 0 Å². The van der Waals surface area contributed by atoms with Crippen LogP contribution in [-0.2, 0) is 14.4 Å². The Balaban J connectivity index is 2.51. The summed E-state index contributed by atoms with van der Waals surface area (Å²) in [6.45, 7) is 1.30. The molecule has 102 valence electrons. The highest BCUT2D eigenvalue weighted by Crippen LogP contribution is 2.19. The molecule has 6 nitrogen and oxygen atoms in total. The van der Waals surface area contributed by atoms with E-state index in [1.54, 1.807) is 7.05 Å². The first-order chi connectivity index (χ1) is 8.58. The molecular weight excluding hydrogens is 234 g/mol. The van der Waals surface area contributed by atoms with E-state index in [4.69, 9.17) is 5.73 Å². The highest BCUT2D eigenvalue weighted by atomic mass is 16.2. The molecule has 18 heavy (non-hydrogen) atoms. The number of rotatable bonds is 6. The van der Waals surface area contributed by atoms with Crippen LogP contribution in [0.4, 0.5) is 0 Å². The molecule has 0 aromatic carbocycles. The molecule has 0 radical (unpaired) electrons. The van der Waals surface area contributed by atoms with Crippen LogP contribution in [0.1, 0.15) is 25.7 Å². The van der Waals surface area contributed by atoms with E-state index in [2.05, 4.69) is 5.32 Å². The lowest BCUT2D eigenvalue weighted by Crippen LogP contribution is -2.47. The molecular formula is C12H21N3O3. The lowest BCUT2D eigenvalue weighted by atomic mass is 9.95. The second-order valence-electron chi connectivity index (χ2n) is 4.65. The van der Waals surface area contributed by atoms with Gasteiger partial charge in [-0.3, -0.25) is 14.5 Å². The second kappa shape index (κ2) is 7.10. The van der Waals surface area contributed by atoms with E-state index in [0.29, 0.717) is 19.4 Å². The summed E-state index contributed by atoms with van der Waals surface area (Å²) in [5.74, 6) is -0.567. The minimum absolute atomic E-state index is 0.0784. The molecule has 0 aliphatic carbocycles. The Morgan fingerprint density at radius 1 is 1.56 bits per heavy atom. The first kappa shape index (κ1) is 14.6. The zero-order chi connectivity index (χ0) is 13.5. The molecule has 2 atom stereocenters. The maximum atomic E-state index is 11.2. The smallest absolute Gasteiger partial charge is 0.221 e. The molecule has 0 aromatic rings. The van der Waals surface area contributed by atoms with Gasteiger partial charge in [-0.05, 0) is 25.8 Å². The van der Waals surface area contributed by atoms with Gasteiger partial charge in [-0.25, -0.2) is 0 Å². The average Bonchev–Trinajstić information content (AvgIpc) is 2.39. The van der Waals surface area contributed by atoms with Crippen LogP contribution in [0.3, 0.4) is 0 Å². The van der Waals surface area contributed by atoms with Crippen LogP contribution in [-0.4, -0.2) is 49.2 Å². The van der Waals surface area contributed by atoms with Gasteiger partial charge in [-0.15, -0.1) is 0 Å². The first-order valence-corrected chi connectivity index (χ1v) is 6.27. The third kappa shape index (κ3) is 4.10. The Bertz CT molecular complexity index is 320. The zero-order valence-corrected chi connectivity index (χ0v) is 10.7. The molecule has 1 heterocycles. The van der Waals surface area contributed by atoms with Gasteiger partial charge in [0, 0.05) is 20.0 Å². The summed E-state index contributed by atoms with van der Waals surface area (Å²) in [6.07, 6.45) is 3.30. The highest BCUT2D eigenvalue weighted by Gasteiger charge is 2.28. The number of hydrogen-bond acceptors (Lipinski definition) is 4. The molecule has 3 N–H and O–H groups in total. The van der Waals surface area contributed by atoms with E-state index in [1.165, 1.54) is 0 Å². The number of piperidine rings is 1. The fourth-order valence-electron chi connectivity index (χ4n) is 2.28. The number of carbonyl (C=O) groups is 3. The quantitative estimate of drug-likeness (QED) is 0.612. The third-order valence-electron chi connectivity index (χ3n) is 3.43. The molecule has 1 aliphatic rings. The van der Waals surface area contributed by atoms with Crippen molar-refractivity contribution >= 4 is 18.1 Å². The highest BCUT2D eigenvalue weighted by molar-refractivity contribution is 5.77. The predicted octanol–water partition coefficient (Wildman–Crippen LogP) is -0.723. The number of carbonyl (C=O) groups excluding carboxylic acids is 3. The Hall–Kier alpha value is -1.43. The number of nitrogens with two attached hydrogens (primary N) is 1. The summed E-state index contributed by atoms with van der Waals surface area (Å²) >= 11 is 0. The molecule has 0 aromatic heterocycles. The van der Waals surface area contributed by atoms with Crippen molar-refractivity contribution in [1.82, 2.24) is 10.2 Å². The normalized spacial score (nSPS) is 22.2. The largest absolute Gasteiger partial charge is 0.369 e. The number of likely N-dealkylation sites (tertiary alicyclic amines) is 1. The number of primary amides is 1. The summed E-state index contributed by atoms with van der Waals surface area (Å²) in [6, 6.07) is -0.301. The average molecular weight is 255 g/mol. The molecule has 6 heteroatoms. The van der Waals surface area contributed by atoms with E-state index in [9.17, 15) is 14.4 Å². The molecule has 0 spiro atoms. The van der Waals surface area contributed by atoms with Gasteiger partial charge < -0.3 is 15.8 Å². The standard InChI is InChI=1S/C12H21N3O3/c1-14-11(17)5-4-10(8-16)15-6-2-3-9(7-15)12(13)18/h8-10H,2-7H2,1H3,(H2,13,18)(H,14,17). The number of hydrogen-bond donors (Lipinski definition) is 2. The summed E-state index contributed by atoms with van der Waals surface area (Å²) in [5.41, 5.74) is 5.30. The molecule has 0 saturated carbocycles. The van der Waals surface area contributed by atoms with Crippen molar-refractivity contribution in [2.45, 2.75) is 31.7 Å². The Labute approximate surface area is 107 Å².